The summed E-state index contributed by atoms with van der Waals surface area (Å²) in [5, 5.41) is 0.181. The number of rotatable bonds is 5. The standard InChI is InChI=1S/C12H17ClO2/c1-9(13)4-5-10-8-11(14-2)6-7-12(10)15-3/h6-9H,4-5H2,1-3H3. The van der Waals surface area contributed by atoms with E-state index in [1.165, 1.54) is 0 Å². The van der Waals surface area contributed by atoms with Crippen molar-refractivity contribution in [2.45, 2.75) is 25.1 Å². The molecule has 1 aromatic carbocycles. The fraction of sp³-hybridized carbons (Fsp3) is 0.500. The molecule has 0 saturated heterocycles. The van der Waals surface area contributed by atoms with Crippen LogP contribution in [-0.2, 0) is 6.42 Å². The van der Waals surface area contributed by atoms with Crippen LogP contribution in [0.1, 0.15) is 18.9 Å². The zero-order chi connectivity index (χ0) is 11.3. The highest BCUT2D eigenvalue weighted by Gasteiger charge is 2.06. The zero-order valence-electron chi connectivity index (χ0n) is 9.42. The van der Waals surface area contributed by atoms with Crippen LogP contribution >= 0.6 is 11.6 Å². The molecule has 0 fully saturated rings. The van der Waals surface area contributed by atoms with E-state index in [4.69, 9.17) is 21.1 Å². The van der Waals surface area contributed by atoms with Gasteiger partial charge in [0.25, 0.3) is 0 Å². The van der Waals surface area contributed by atoms with Crippen molar-refractivity contribution in [2.24, 2.45) is 0 Å². The van der Waals surface area contributed by atoms with Crippen molar-refractivity contribution in [3.8, 4) is 11.5 Å². The van der Waals surface area contributed by atoms with E-state index < -0.39 is 0 Å². The Bertz CT molecular complexity index is 310. The summed E-state index contributed by atoms with van der Waals surface area (Å²) < 4.78 is 10.5. The largest absolute Gasteiger partial charge is 0.497 e. The van der Waals surface area contributed by atoms with E-state index in [1.807, 2.05) is 25.1 Å². The summed E-state index contributed by atoms with van der Waals surface area (Å²) in [4.78, 5) is 0. The van der Waals surface area contributed by atoms with E-state index in [-0.39, 0.29) is 5.38 Å². The first-order valence-electron chi connectivity index (χ1n) is 5.02. The first kappa shape index (κ1) is 12.2. The summed E-state index contributed by atoms with van der Waals surface area (Å²) >= 11 is 5.92. The van der Waals surface area contributed by atoms with Gasteiger partial charge in [0.2, 0.25) is 0 Å². The van der Waals surface area contributed by atoms with Gasteiger partial charge in [0, 0.05) is 5.38 Å². The fourth-order valence-corrected chi connectivity index (χ4v) is 1.54. The lowest BCUT2D eigenvalue weighted by molar-refractivity contribution is 0.398. The Morgan fingerprint density at radius 3 is 2.53 bits per heavy atom. The molecule has 0 aromatic heterocycles. The summed E-state index contributed by atoms with van der Waals surface area (Å²) in [5.74, 6) is 1.75. The second kappa shape index (κ2) is 5.86. The third-order valence-corrected chi connectivity index (χ3v) is 2.52. The molecule has 0 aliphatic rings. The summed E-state index contributed by atoms with van der Waals surface area (Å²) in [6.07, 6.45) is 1.84. The number of aryl methyl sites for hydroxylation is 1. The molecule has 15 heavy (non-hydrogen) atoms. The molecular formula is C12H17ClO2. The minimum atomic E-state index is 0.181. The molecule has 84 valence electrons. The molecule has 1 unspecified atom stereocenters. The fourth-order valence-electron chi connectivity index (χ4n) is 1.43. The van der Waals surface area contributed by atoms with E-state index in [1.54, 1.807) is 14.2 Å². The summed E-state index contributed by atoms with van der Waals surface area (Å²) in [7, 11) is 3.34. The van der Waals surface area contributed by atoms with E-state index in [0.29, 0.717) is 0 Å². The maximum absolute atomic E-state index is 5.92. The van der Waals surface area contributed by atoms with E-state index >= 15 is 0 Å². The van der Waals surface area contributed by atoms with Crippen molar-refractivity contribution >= 4 is 11.6 Å². The van der Waals surface area contributed by atoms with Gasteiger partial charge in [0.05, 0.1) is 14.2 Å². The van der Waals surface area contributed by atoms with Crippen LogP contribution in [0, 0.1) is 0 Å². The minimum Gasteiger partial charge on any atom is -0.497 e. The monoisotopic (exact) mass is 228 g/mol. The average Bonchev–Trinajstić information content (AvgIpc) is 2.25. The van der Waals surface area contributed by atoms with Gasteiger partial charge in [-0.05, 0) is 43.5 Å². The third-order valence-electron chi connectivity index (χ3n) is 2.30. The highest BCUT2D eigenvalue weighted by atomic mass is 35.5. The second-order valence-corrected chi connectivity index (χ2v) is 4.24. The van der Waals surface area contributed by atoms with E-state index in [9.17, 15) is 0 Å². The van der Waals surface area contributed by atoms with Crippen LogP contribution in [0.25, 0.3) is 0 Å². The molecule has 0 aliphatic carbocycles. The highest BCUT2D eigenvalue weighted by Crippen LogP contribution is 2.25. The lowest BCUT2D eigenvalue weighted by atomic mass is 10.1. The molecule has 1 rings (SSSR count). The van der Waals surface area contributed by atoms with Crippen LogP contribution in [-0.4, -0.2) is 19.6 Å². The first-order chi connectivity index (χ1) is 7.17. The lowest BCUT2D eigenvalue weighted by Crippen LogP contribution is -1.98. The second-order valence-electron chi connectivity index (χ2n) is 3.50. The molecule has 0 amide bonds. The molecule has 0 saturated carbocycles. The van der Waals surface area contributed by atoms with Gasteiger partial charge in [-0.15, -0.1) is 11.6 Å². The number of methoxy groups -OCH3 is 2. The molecule has 0 N–H and O–H groups in total. The minimum absolute atomic E-state index is 0.181. The number of alkyl halides is 1. The molecule has 2 nitrogen and oxygen atoms in total. The van der Waals surface area contributed by atoms with Crippen LogP contribution in [0.15, 0.2) is 18.2 Å². The Balaban J connectivity index is 2.81. The number of halogens is 1. The van der Waals surface area contributed by atoms with Crippen LogP contribution in [0.3, 0.4) is 0 Å². The quantitative estimate of drug-likeness (QED) is 0.721. The van der Waals surface area contributed by atoms with Gasteiger partial charge in [-0.25, -0.2) is 0 Å². The summed E-state index contributed by atoms with van der Waals surface area (Å²) in [6.45, 7) is 1.99. The number of hydrogen-bond donors (Lipinski definition) is 0. The Kier molecular flexibility index (Phi) is 4.76. The van der Waals surface area contributed by atoms with Gasteiger partial charge in [-0.2, -0.15) is 0 Å². The highest BCUT2D eigenvalue weighted by molar-refractivity contribution is 6.20. The van der Waals surface area contributed by atoms with Crippen LogP contribution < -0.4 is 9.47 Å². The normalized spacial score (nSPS) is 12.3. The molecule has 1 aromatic rings. The molecule has 0 radical (unpaired) electrons. The van der Waals surface area contributed by atoms with E-state index in [0.717, 1.165) is 29.9 Å². The molecule has 1 atom stereocenters. The zero-order valence-corrected chi connectivity index (χ0v) is 10.2. The van der Waals surface area contributed by atoms with Crippen molar-refractivity contribution in [3.05, 3.63) is 23.8 Å². The molecule has 0 bridgehead atoms. The number of ether oxygens (including phenoxy) is 2. The van der Waals surface area contributed by atoms with Crippen LogP contribution in [0.2, 0.25) is 0 Å². The van der Waals surface area contributed by atoms with Crippen molar-refractivity contribution in [1.29, 1.82) is 0 Å². The third kappa shape index (κ3) is 3.63. The maximum atomic E-state index is 5.92. The van der Waals surface area contributed by atoms with Crippen molar-refractivity contribution in [1.82, 2.24) is 0 Å². The Morgan fingerprint density at radius 2 is 2.00 bits per heavy atom. The molecule has 0 spiro atoms. The van der Waals surface area contributed by atoms with Gasteiger partial charge < -0.3 is 9.47 Å². The van der Waals surface area contributed by atoms with E-state index in [2.05, 4.69) is 0 Å². The predicted octanol–water partition coefficient (Wildman–Crippen LogP) is 3.26. The Hall–Kier alpha value is -0.890. The molecular weight excluding hydrogens is 212 g/mol. The Labute approximate surface area is 96.2 Å². The van der Waals surface area contributed by atoms with Gasteiger partial charge >= 0.3 is 0 Å². The van der Waals surface area contributed by atoms with Crippen LogP contribution in [0.4, 0.5) is 0 Å². The van der Waals surface area contributed by atoms with Gasteiger partial charge in [0.15, 0.2) is 0 Å². The SMILES string of the molecule is COc1ccc(OC)c(CCC(C)Cl)c1. The average molecular weight is 229 g/mol. The van der Waals surface area contributed by atoms with Gasteiger partial charge in [-0.3, -0.25) is 0 Å². The van der Waals surface area contributed by atoms with Crippen molar-refractivity contribution in [3.63, 3.8) is 0 Å². The van der Waals surface area contributed by atoms with Gasteiger partial charge in [-0.1, -0.05) is 0 Å². The topological polar surface area (TPSA) is 18.5 Å². The summed E-state index contributed by atoms with van der Waals surface area (Å²) in [6, 6.07) is 5.82. The van der Waals surface area contributed by atoms with Crippen LogP contribution in [0.5, 0.6) is 11.5 Å². The maximum Gasteiger partial charge on any atom is 0.122 e. The van der Waals surface area contributed by atoms with Crippen molar-refractivity contribution in [2.75, 3.05) is 14.2 Å². The molecule has 3 heteroatoms. The first-order valence-corrected chi connectivity index (χ1v) is 5.46. The van der Waals surface area contributed by atoms with Crippen molar-refractivity contribution < 1.29 is 9.47 Å². The lowest BCUT2D eigenvalue weighted by Gasteiger charge is -2.10. The van der Waals surface area contributed by atoms with Gasteiger partial charge in [0.1, 0.15) is 11.5 Å². The molecule has 0 aliphatic heterocycles. The summed E-state index contributed by atoms with van der Waals surface area (Å²) in [5.41, 5.74) is 1.14. The smallest absolute Gasteiger partial charge is 0.122 e. The Morgan fingerprint density at radius 1 is 1.27 bits per heavy atom. The molecule has 0 heterocycles. The predicted molar refractivity (Wildman–Crippen MR) is 63.2 cm³/mol. The number of benzene rings is 1. The number of hydrogen-bond acceptors (Lipinski definition) is 2.